The predicted molar refractivity (Wildman–Crippen MR) is 113 cm³/mol. The van der Waals surface area contributed by atoms with Gasteiger partial charge in [0.05, 0.1) is 15.5 Å². The molecule has 0 amide bonds. The van der Waals surface area contributed by atoms with Crippen LogP contribution in [0.15, 0.2) is 52.3 Å². The Morgan fingerprint density at radius 1 is 0.724 bits per heavy atom. The summed E-state index contributed by atoms with van der Waals surface area (Å²) in [5, 5.41) is 0. The SMILES string of the molecule is O=S(=O)(Nc1cccc(S(=O)(=O)N2CCCCC2)c1)c1ccc2c(c1)CCCC2. The van der Waals surface area contributed by atoms with E-state index in [1.54, 1.807) is 24.3 Å². The van der Waals surface area contributed by atoms with Crippen LogP contribution in [0, 0.1) is 0 Å². The lowest BCUT2D eigenvalue weighted by molar-refractivity contribution is 0.346. The molecule has 1 N–H and O–H groups in total. The van der Waals surface area contributed by atoms with Gasteiger partial charge in [0, 0.05) is 13.1 Å². The number of anilines is 1. The molecule has 2 aliphatic rings. The molecule has 0 bridgehead atoms. The third kappa shape index (κ3) is 4.34. The largest absolute Gasteiger partial charge is 0.280 e. The lowest BCUT2D eigenvalue weighted by Crippen LogP contribution is -2.35. The number of fused-ring (bicyclic) bond motifs is 1. The van der Waals surface area contributed by atoms with Crippen molar-refractivity contribution in [3.05, 3.63) is 53.6 Å². The van der Waals surface area contributed by atoms with E-state index in [0.717, 1.165) is 50.5 Å². The van der Waals surface area contributed by atoms with Gasteiger partial charge < -0.3 is 0 Å². The summed E-state index contributed by atoms with van der Waals surface area (Å²) in [5.41, 5.74) is 2.55. The average molecular weight is 435 g/mol. The minimum Gasteiger partial charge on any atom is -0.280 e. The molecule has 2 aromatic rings. The maximum atomic E-state index is 12.9. The maximum Gasteiger partial charge on any atom is 0.261 e. The minimum atomic E-state index is -3.79. The van der Waals surface area contributed by atoms with Crippen molar-refractivity contribution >= 4 is 25.7 Å². The van der Waals surface area contributed by atoms with Gasteiger partial charge in [0.1, 0.15) is 0 Å². The number of sulfonamides is 2. The van der Waals surface area contributed by atoms with Crippen molar-refractivity contribution in [2.24, 2.45) is 0 Å². The molecule has 1 heterocycles. The van der Waals surface area contributed by atoms with E-state index >= 15 is 0 Å². The van der Waals surface area contributed by atoms with Crippen LogP contribution in [-0.2, 0) is 32.9 Å². The van der Waals surface area contributed by atoms with Crippen molar-refractivity contribution in [3.8, 4) is 0 Å². The van der Waals surface area contributed by atoms with Crippen LogP contribution in [-0.4, -0.2) is 34.2 Å². The second-order valence-corrected chi connectivity index (χ2v) is 11.4. The zero-order chi connectivity index (χ0) is 20.5. The first-order chi connectivity index (χ1) is 13.9. The molecule has 6 nitrogen and oxygen atoms in total. The Morgan fingerprint density at radius 2 is 1.45 bits per heavy atom. The number of aryl methyl sites for hydroxylation is 2. The Bertz CT molecular complexity index is 1110. The molecule has 29 heavy (non-hydrogen) atoms. The van der Waals surface area contributed by atoms with Crippen LogP contribution in [0.5, 0.6) is 0 Å². The number of rotatable bonds is 5. The highest BCUT2D eigenvalue weighted by Crippen LogP contribution is 2.27. The number of hydrogen-bond acceptors (Lipinski definition) is 4. The first-order valence-corrected chi connectivity index (χ1v) is 13.0. The van der Waals surface area contributed by atoms with Gasteiger partial charge in [-0.25, -0.2) is 16.8 Å². The molecule has 0 unspecified atom stereocenters. The molecule has 156 valence electrons. The smallest absolute Gasteiger partial charge is 0.261 e. The molecule has 1 aliphatic heterocycles. The Morgan fingerprint density at radius 3 is 2.21 bits per heavy atom. The summed E-state index contributed by atoms with van der Waals surface area (Å²) in [6.07, 6.45) is 6.82. The van der Waals surface area contributed by atoms with Gasteiger partial charge in [-0.05, 0) is 80.0 Å². The first kappa shape index (κ1) is 20.4. The van der Waals surface area contributed by atoms with Crippen molar-refractivity contribution in [2.45, 2.75) is 54.7 Å². The number of nitrogens with one attached hydrogen (secondary N) is 1. The Labute approximate surface area is 173 Å². The fraction of sp³-hybridized carbons (Fsp3) is 0.429. The summed E-state index contributed by atoms with van der Waals surface area (Å²) in [5.74, 6) is 0. The van der Waals surface area contributed by atoms with Crippen LogP contribution >= 0.6 is 0 Å². The highest BCUT2D eigenvalue weighted by atomic mass is 32.2. The van der Waals surface area contributed by atoms with Crippen LogP contribution in [0.1, 0.15) is 43.2 Å². The quantitative estimate of drug-likeness (QED) is 0.780. The molecular formula is C21H26N2O4S2. The number of piperidine rings is 1. The highest BCUT2D eigenvalue weighted by molar-refractivity contribution is 7.92. The van der Waals surface area contributed by atoms with E-state index in [2.05, 4.69) is 4.72 Å². The Hall–Kier alpha value is -1.90. The molecule has 1 saturated heterocycles. The van der Waals surface area contributed by atoms with E-state index in [9.17, 15) is 16.8 Å². The maximum absolute atomic E-state index is 12.9. The second-order valence-electron chi connectivity index (χ2n) is 7.74. The summed E-state index contributed by atoms with van der Waals surface area (Å²) in [4.78, 5) is 0.326. The number of nitrogens with zero attached hydrogens (tertiary/aromatic N) is 1. The monoisotopic (exact) mass is 434 g/mol. The fourth-order valence-corrected chi connectivity index (χ4v) is 6.73. The normalized spacial score (nSPS) is 18.2. The van der Waals surface area contributed by atoms with Crippen molar-refractivity contribution in [3.63, 3.8) is 0 Å². The van der Waals surface area contributed by atoms with Gasteiger partial charge in [0.15, 0.2) is 0 Å². The first-order valence-electron chi connectivity index (χ1n) is 10.1. The molecule has 0 aromatic heterocycles. The van der Waals surface area contributed by atoms with Gasteiger partial charge in [-0.1, -0.05) is 18.6 Å². The van der Waals surface area contributed by atoms with Crippen LogP contribution in [0.4, 0.5) is 5.69 Å². The third-order valence-corrected chi connectivity index (χ3v) is 8.94. The van der Waals surface area contributed by atoms with E-state index in [-0.39, 0.29) is 15.5 Å². The summed E-state index contributed by atoms with van der Waals surface area (Å²) < 4.78 is 55.6. The van der Waals surface area contributed by atoms with Gasteiger partial charge in [0.25, 0.3) is 10.0 Å². The highest BCUT2D eigenvalue weighted by Gasteiger charge is 2.26. The molecule has 1 aliphatic carbocycles. The summed E-state index contributed by atoms with van der Waals surface area (Å²) in [6, 6.07) is 11.3. The third-order valence-electron chi connectivity index (χ3n) is 5.67. The molecular weight excluding hydrogens is 408 g/mol. The minimum absolute atomic E-state index is 0.116. The number of hydrogen-bond donors (Lipinski definition) is 1. The van der Waals surface area contributed by atoms with Crippen LogP contribution in [0.2, 0.25) is 0 Å². The molecule has 2 aromatic carbocycles. The number of benzene rings is 2. The molecule has 0 atom stereocenters. The lowest BCUT2D eigenvalue weighted by Gasteiger charge is -2.26. The molecule has 0 saturated carbocycles. The van der Waals surface area contributed by atoms with Gasteiger partial charge in [-0.3, -0.25) is 4.72 Å². The van der Waals surface area contributed by atoms with Gasteiger partial charge in [-0.2, -0.15) is 4.31 Å². The van der Waals surface area contributed by atoms with Crippen molar-refractivity contribution in [1.82, 2.24) is 4.31 Å². The van der Waals surface area contributed by atoms with Gasteiger partial charge in [0.2, 0.25) is 10.0 Å². The average Bonchev–Trinajstić information content (AvgIpc) is 2.74. The topological polar surface area (TPSA) is 83.5 Å². The molecule has 1 fully saturated rings. The Kier molecular flexibility index (Phi) is 5.68. The molecule has 8 heteroatoms. The molecule has 0 spiro atoms. The van der Waals surface area contributed by atoms with Crippen LogP contribution in [0.25, 0.3) is 0 Å². The van der Waals surface area contributed by atoms with Crippen molar-refractivity contribution < 1.29 is 16.8 Å². The van der Waals surface area contributed by atoms with E-state index < -0.39 is 20.0 Å². The van der Waals surface area contributed by atoms with Gasteiger partial charge >= 0.3 is 0 Å². The van der Waals surface area contributed by atoms with Crippen LogP contribution < -0.4 is 4.72 Å². The second kappa shape index (κ2) is 8.08. The zero-order valence-corrected chi connectivity index (χ0v) is 17.9. The lowest BCUT2D eigenvalue weighted by atomic mass is 9.92. The van der Waals surface area contributed by atoms with Gasteiger partial charge in [-0.15, -0.1) is 0 Å². The summed E-state index contributed by atoms with van der Waals surface area (Å²) >= 11 is 0. The van der Waals surface area contributed by atoms with Crippen molar-refractivity contribution in [1.29, 1.82) is 0 Å². The van der Waals surface area contributed by atoms with E-state index in [0.29, 0.717) is 13.1 Å². The molecule has 4 rings (SSSR count). The van der Waals surface area contributed by atoms with E-state index in [1.165, 1.54) is 22.0 Å². The predicted octanol–water partition coefficient (Wildman–Crippen LogP) is 3.54. The fourth-order valence-electron chi connectivity index (χ4n) is 4.07. The van der Waals surface area contributed by atoms with Crippen molar-refractivity contribution in [2.75, 3.05) is 17.8 Å². The van der Waals surface area contributed by atoms with E-state index in [1.807, 2.05) is 6.07 Å². The van der Waals surface area contributed by atoms with Crippen LogP contribution in [0.3, 0.4) is 0 Å². The van der Waals surface area contributed by atoms with E-state index in [4.69, 9.17) is 0 Å². The zero-order valence-electron chi connectivity index (χ0n) is 16.3. The standard InChI is InChI=1S/C21H26N2O4S2/c24-28(25,20-12-11-17-7-2-3-8-18(17)15-20)22-19-9-6-10-21(16-19)29(26,27)23-13-4-1-5-14-23/h6,9-12,15-16,22H,1-5,7-8,13-14H2. The Balaban J connectivity index is 1.59. The summed E-state index contributed by atoms with van der Waals surface area (Å²) in [7, 11) is -7.41. The summed E-state index contributed by atoms with van der Waals surface area (Å²) in [6.45, 7) is 1.01. The molecule has 0 radical (unpaired) electrons.